The fourth-order valence-corrected chi connectivity index (χ4v) is 10.1. The Kier molecular flexibility index (Phi) is 6.76. The van der Waals surface area contributed by atoms with Crippen molar-refractivity contribution in [2.75, 3.05) is 36.6 Å². The Morgan fingerprint density at radius 3 is 2.54 bits per heavy atom. The Hall–Kier alpha value is -3.25. The molecule has 41 heavy (non-hydrogen) atoms. The largest absolute Gasteiger partial charge is 0.447 e. The zero-order valence-corrected chi connectivity index (χ0v) is 24.9. The van der Waals surface area contributed by atoms with Crippen molar-refractivity contribution in [2.45, 2.75) is 62.7 Å². The number of cyclic esters (lactones) is 1. The summed E-state index contributed by atoms with van der Waals surface area (Å²) in [5, 5.41) is 10.1. The highest BCUT2D eigenvalue weighted by Crippen LogP contribution is 2.60. The number of anilines is 2. The molecule has 6 rings (SSSR count). The SMILES string of the molecule is C[C@H]1[C@H]([Si](C)(C)O)[C@@H](CC(=O)N2Cc3ccccc3C[C@H]2CO)O[C@]12C(=O)N(C)c1ccc(N3CCOC3=O)cc12. The molecule has 218 valence electrons. The molecule has 0 bridgehead atoms. The summed E-state index contributed by atoms with van der Waals surface area (Å²) in [5.41, 5.74) is 2.26. The Balaban J connectivity index is 1.36. The Morgan fingerprint density at radius 2 is 1.88 bits per heavy atom. The lowest BCUT2D eigenvalue weighted by Gasteiger charge is -2.37. The van der Waals surface area contributed by atoms with Crippen LogP contribution in [0.2, 0.25) is 18.6 Å². The Morgan fingerprint density at radius 1 is 1.15 bits per heavy atom. The van der Waals surface area contributed by atoms with Crippen LogP contribution in [0, 0.1) is 5.92 Å². The molecule has 4 aliphatic heterocycles. The minimum Gasteiger partial charge on any atom is -0.447 e. The number of aliphatic hydroxyl groups excluding tert-OH is 1. The highest BCUT2D eigenvalue weighted by atomic mass is 28.4. The second kappa shape index (κ2) is 9.94. The van der Waals surface area contributed by atoms with Crippen LogP contribution in [0.25, 0.3) is 0 Å². The molecule has 0 unspecified atom stereocenters. The molecule has 4 heterocycles. The van der Waals surface area contributed by atoms with Crippen LogP contribution in [0.5, 0.6) is 0 Å². The molecule has 0 saturated carbocycles. The van der Waals surface area contributed by atoms with Gasteiger partial charge >= 0.3 is 6.09 Å². The van der Waals surface area contributed by atoms with Gasteiger partial charge in [0, 0.05) is 36.3 Å². The van der Waals surface area contributed by atoms with Gasteiger partial charge in [-0.15, -0.1) is 0 Å². The van der Waals surface area contributed by atoms with E-state index in [0.29, 0.717) is 43.1 Å². The molecule has 3 amide bonds. The summed E-state index contributed by atoms with van der Waals surface area (Å²) in [6.07, 6.45) is -0.600. The van der Waals surface area contributed by atoms with E-state index in [-0.39, 0.29) is 30.9 Å². The monoisotopic (exact) mass is 579 g/mol. The third-order valence-electron chi connectivity index (χ3n) is 9.43. The number of hydrogen-bond acceptors (Lipinski definition) is 7. The average molecular weight is 580 g/mol. The highest BCUT2D eigenvalue weighted by molar-refractivity contribution is 6.71. The number of nitrogens with zero attached hydrogens (tertiary/aromatic N) is 3. The van der Waals surface area contributed by atoms with Crippen molar-refractivity contribution in [1.82, 2.24) is 4.90 Å². The minimum absolute atomic E-state index is 0.0170. The number of fused-ring (bicyclic) bond motifs is 3. The van der Waals surface area contributed by atoms with Crippen LogP contribution < -0.4 is 9.80 Å². The predicted molar refractivity (Wildman–Crippen MR) is 154 cm³/mol. The molecule has 10 nitrogen and oxygen atoms in total. The number of benzene rings is 2. The number of ether oxygens (including phenoxy) is 2. The summed E-state index contributed by atoms with van der Waals surface area (Å²) >= 11 is 0. The van der Waals surface area contributed by atoms with Gasteiger partial charge in [0.05, 0.1) is 37.4 Å². The molecule has 2 aromatic rings. The van der Waals surface area contributed by atoms with Crippen molar-refractivity contribution in [3.8, 4) is 0 Å². The topological polar surface area (TPSA) is 120 Å². The van der Waals surface area contributed by atoms with E-state index in [1.165, 1.54) is 4.90 Å². The summed E-state index contributed by atoms with van der Waals surface area (Å²) in [6, 6.07) is 13.0. The van der Waals surface area contributed by atoms with Gasteiger partial charge in [0.25, 0.3) is 5.91 Å². The number of hydrogen-bond donors (Lipinski definition) is 2. The van der Waals surface area contributed by atoms with Crippen LogP contribution in [-0.4, -0.2) is 80.0 Å². The predicted octanol–water partition coefficient (Wildman–Crippen LogP) is 2.75. The summed E-state index contributed by atoms with van der Waals surface area (Å²) < 4.78 is 11.9. The van der Waals surface area contributed by atoms with Gasteiger partial charge in [0.2, 0.25) is 5.91 Å². The lowest BCUT2D eigenvalue weighted by molar-refractivity contribution is -0.150. The lowest BCUT2D eigenvalue weighted by atomic mass is 9.82. The summed E-state index contributed by atoms with van der Waals surface area (Å²) in [7, 11) is -1.27. The third kappa shape index (κ3) is 4.29. The van der Waals surface area contributed by atoms with Gasteiger partial charge in [-0.3, -0.25) is 14.5 Å². The number of aliphatic hydroxyl groups is 1. The van der Waals surface area contributed by atoms with E-state index in [1.807, 2.05) is 56.4 Å². The van der Waals surface area contributed by atoms with Crippen molar-refractivity contribution < 1.29 is 33.8 Å². The van der Waals surface area contributed by atoms with Crippen molar-refractivity contribution in [2.24, 2.45) is 5.92 Å². The third-order valence-corrected chi connectivity index (χ3v) is 11.9. The maximum atomic E-state index is 14.0. The summed E-state index contributed by atoms with van der Waals surface area (Å²) in [6.45, 7) is 6.49. The number of rotatable bonds is 5. The van der Waals surface area contributed by atoms with Gasteiger partial charge in [0.15, 0.2) is 13.9 Å². The molecule has 0 radical (unpaired) electrons. The van der Waals surface area contributed by atoms with Crippen LogP contribution in [0.3, 0.4) is 0 Å². The van der Waals surface area contributed by atoms with E-state index < -0.39 is 37.6 Å². The van der Waals surface area contributed by atoms with Gasteiger partial charge in [-0.1, -0.05) is 31.2 Å². The van der Waals surface area contributed by atoms with Crippen LogP contribution in [0.4, 0.5) is 16.2 Å². The van der Waals surface area contributed by atoms with Crippen LogP contribution in [0.15, 0.2) is 42.5 Å². The lowest BCUT2D eigenvalue weighted by Crippen LogP contribution is -2.48. The minimum atomic E-state index is -2.97. The quantitative estimate of drug-likeness (QED) is 0.523. The van der Waals surface area contributed by atoms with E-state index in [4.69, 9.17) is 9.47 Å². The Labute approximate surface area is 240 Å². The molecule has 0 aliphatic carbocycles. The zero-order chi connectivity index (χ0) is 29.3. The Bertz CT molecular complexity index is 1410. The smallest absolute Gasteiger partial charge is 0.414 e. The molecule has 2 N–H and O–H groups in total. The first-order valence-corrected chi connectivity index (χ1v) is 17.2. The summed E-state index contributed by atoms with van der Waals surface area (Å²) in [4.78, 5) is 56.6. The number of carbonyl (C=O) groups is 3. The van der Waals surface area contributed by atoms with Crippen LogP contribution in [0.1, 0.15) is 30.0 Å². The first-order chi connectivity index (χ1) is 19.5. The number of amides is 3. The molecule has 5 atom stereocenters. The number of carbonyl (C=O) groups excluding carboxylic acids is 3. The summed E-state index contributed by atoms with van der Waals surface area (Å²) in [5.74, 6) is -0.859. The molecular formula is C30H37N3O7Si. The van der Waals surface area contributed by atoms with Crippen molar-refractivity contribution >= 4 is 37.6 Å². The van der Waals surface area contributed by atoms with Crippen LogP contribution in [-0.2, 0) is 37.6 Å². The molecule has 11 heteroatoms. The maximum absolute atomic E-state index is 14.0. The van der Waals surface area contributed by atoms with Crippen LogP contribution >= 0.6 is 0 Å². The maximum Gasteiger partial charge on any atom is 0.414 e. The highest BCUT2D eigenvalue weighted by Gasteiger charge is 2.66. The molecule has 0 aromatic heterocycles. The zero-order valence-electron chi connectivity index (χ0n) is 23.9. The van der Waals surface area contributed by atoms with Crippen molar-refractivity contribution in [3.05, 3.63) is 59.2 Å². The fraction of sp³-hybridized carbons (Fsp3) is 0.500. The van der Waals surface area contributed by atoms with E-state index in [0.717, 1.165) is 11.1 Å². The first kappa shape index (κ1) is 27.9. The van der Waals surface area contributed by atoms with Crippen molar-refractivity contribution in [1.29, 1.82) is 0 Å². The number of likely N-dealkylation sites (N-methyl/N-ethyl adjacent to an activating group) is 1. The van der Waals surface area contributed by atoms with Gasteiger partial charge in [-0.25, -0.2) is 4.79 Å². The molecule has 4 aliphatic rings. The molecule has 2 aromatic carbocycles. The normalized spacial score (nSPS) is 29.3. The second-order valence-corrected chi connectivity index (χ2v) is 16.2. The van der Waals surface area contributed by atoms with Gasteiger partial charge in [-0.05, 0) is 48.8 Å². The van der Waals surface area contributed by atoms with Gasteiger partial charge < -0.3 is 29.2 Å². The molecule has 2 saturated heterocycles. The van der Waals surface area contributed by atoms with E-state index in [1.54, 1.807) is 22.9 Å². The van der Waals surface area contributed by atoms with Gasteiger partial charge in [-0.2, -0.15) is 0 Å². The molecule has 2 fully saturated rings. The fourth-order valence-electron chi connectivity index (χ4n) is 7.50. The standard InChI is InChI=1S/C30H37N3O7Si/c1-18-27(41(3,4)38)25(15-26(35)33-16-20-8-6-5-7-19(20)13-22(33)17-34)40-30(18)23-14-21(32-11-12-39-29(32)37)9-10-24(23)31(2)28(30)36/h5-10,14,18,22,25,27,34,38H,11-13,15-17H2,1-4H3/t18-,22-,25+,27-,30+/m0/s1. The first-order valence-electron chi connectivity index (χ1n) is 14.2. The van der Waals surface area contributed by atoms with E-state index in [9.17, 15) is 24.3 Å². The molecule has 1 spiro atoms. The van der Waals surface area contributed by atoms with E-state index in [2.05, 4.69) is 0 Å². The van der Waals surface area contributed by atoms with E-state index >= 15 is 0 Å². The average Bonchev–Trinajstić information content (AvgIpc) is 3.57. The van der Waals surface area contributed by atoms with Crippen molar-refractivity contribution in [3.63, 3.8) is 0 Å². The molecular weight excluding hydrogens is 542 g/mol. The second-order valence-electron chi connectivity index (χ2n) is 12.2. The van der Waals surface area contributed by atoms with Gasteiger partial charge in [0.1, 0.15) is 6.61 Å².